The SMILES string of the molecule is Cc1ccc(CN2CC[C@]3(CCC[C@@H](CNS(C)(=O)=O)O3)C2)o1. The molecule has 7 heteroatoms. The highest BCUT2D eigenvalue weighted by Crippen LogP contribution is 2.37. The molecule has 0 amide bonds. The number of hydrogen-bond donors (Lipinski definition) is 1. The Labute approximate surface area is 138 Å². The smallest absolute Gasteiger partial charge is 0.208 e. The molecule has 0 radical (unpaired) electrons. The van der Waals surface area contributed by atoms with Crippen molar-refractivity contribution in [3.05, 3.63) is 23.7 Å². The summed E-state index contributed by atoms with van der Waals surface area (Å²) in [5.74, 6) is 1.93. The van der Waals surface area contributed by atoms with E-state index in [1.165, 1.54) is 6.26 Å². The minimum absolute atomic E-state index is 0.0238. The van der Waals surface area contributed by atoms with Crippen molar-refractivity contribution in [2.45, 2.75) is 50.9 Å². The number of sulfonamides is 1. The van der Waals surface area contributed by atoms with E-state index in [9.17, 15) is 8.42 Å². The van der Waals surface area contributed by atoms with Crippen molar-refractivity contribution in [1.82, 2.24) is 9.62 Å². The van der Waals surface area contributed by atoms with Gasteiger partial charge in [-0.2, -0.15) is 0 Å². The summed E-state index contributed by atoms with van der Waals surface area (Å²) in [6.45, 7) is 5.02. The van der Waals surface area contributed by atoms with Crippen LogP contribution in [0.2, 0.25) is 0 Å². The second-order valence-electron chi connectivity index (χ2n) is 6.91. The Kier molecular flexibility index (Phi) is 4.83. The van der Waals surface area contributed by atoms with E-state index in [2.05, 4.69) is 9.62 Å². The van der Waals surface area contributed by atoms with E-state index in [0.29, 0.717) is 6.54 Å². The zero-order valence-corrected chi connectivity index (χ0v) is 14.7. The van der Waals surface area contributed by atoms with Crippen molar-refractivity contribution in [2.24, 2.45) is 0 Å². The van der Waals surface area contributed by atoms with Gasteiger partial charge in [0.25, 0.3) is 0 Å². The van der Waals surface area contributed by atoms with Gasteiger partial charge in [-0.25, -0.2) is 13.1 Å². The van der Waals surface area contributed by atoms with Gasteiger partial charge in [-0.15, -0.1) is 0 Å². The normalized spacial score (nSPS) is 29.4. The lowest BCUT2D eigenvalue weighted by molar-refractivity contribution is -0.118. The Hall–Kier alpha value is -0.890. The zero-order valence-electron chi connectivity index (χ0n) is 13.9. The molecule has 2 aliphatic heterocycles. The molecular weight excluding hydrogens is 316 g/mol. The summed E-state index contributed by atoms with van der Waals surface area (Å²) in [5.41, 5.74) is -0.121. The first-order valence-electron chi connectivity index (χ1n) is 8.24. The summed E-state index contributed by atoms with van der Waals surface area (Å²) in [5, 5.41) is 0. The first-order valence-corrected chi connectivity index (χ1v) is 10.1. The maximum Gasteiger partial charge on any atom is 0.208 e. The van der Waals surface area contributed by atoms with Crippen molar-refractivity contribution in [1.29, 1.82) is 0 Å². The highest BCUT2D eigenvalue weighted by molar-refractivity contribution is 7.88. The molecule has 0 unspecified atom stereocenters. The molecule has 23 heavy (non-hydrogen) atoms. The second-order valence-corrected chi connectivity index (χ2v) is 8.74. The monoisotopic (exact) mass is 342 g/mol. The molecule has 2 atom stereocenters. The van der Waals surface area contributed by atoms with Crippen LogP contribution in [0.4, 0.5) is 0 Å². The van der Waals surface area contributed by atoms with E-state index >= 15 is 0 Å². The molecule has 3 heterocycles. The van der Waals surface area contributed by atoms with Gasteiger partial charge in [0.05, 0.1) is 24.5 Å². The summed E-state index contributed by atoms with van der Waals surface area (Å²) in [6.07, 6.45) is 5.22. The zero-order chi connectivity index (χ0) is 16.5. The van der Waals surface area contributed by atoms with Crippen LogP contribution in [-0.4, -0.2) is 50.9 Å². The van der Waals surface area contributed by atoms with Crippen LogP contribution in [0.15, 0.2) is 16.5 Å². The minimum atomic E-state index is -3.16. The van der Waals surface area contributed by atoms with Crippen LogP contribution in [-0.2, 0) is 21.3 Å². The number of aryl methyl sites for hydroxylation is 1. The third-order valence-corrected chi connectivity index (χ3v) is 5.41. The van der Waals surface area contributed by atoms with Gasteiger partial charge >= 0.3 is 0 Å². The van der Waals surface area contributed by atoms with Crippen LogP contribution in [0, 0.1) is 6.92 Å². The first-order chi connectivity index (χ1) is 10.8. The number of nitrogens with zero attached hydrogens (tertiary/aromatic N) is 1. The standard InChI is InChI=1S/C16H26N2O4S/c1-13-5-6-15(21-13)11-18-9-8-16(12-18)7-3-4-14(22-16)10-17-23(2,19)20/h5-6,14,17H,3-4,7-12H2,1-2H3/t14-,16+/m0/s1. The number of hydrogen-bond acceptors (Lipinski definition) is 5. The Morgan fingerprint density at radius 3 is 2.91 bits per heavy atom. The Morgan fingerprint density at radius 2 is 2.22 bits per heavy atom. The van der Waals surface area contributed by atoms with Crippen LogP contribution in [0.3, 0.4) is 0 Å². The van der Waals surface area contributed by atoms with E-state index < -0.39 is 10.0 Å². The highest BCUT2D eigenvalue weighted by Gasteiger charge is 2.43. The number of ether oxygens (including phenoxy) is 1. The van der Waals surface area contributed by atoms with E-state index in [0.717, 1.165) is 56.8 Å². The fourth-order valence-electron chi connectivity index (χ4n) is 3.66. The van der Waals surface area contributed by atoms with Gasteiger partial charge in [0.15, 0.2) is 0 Å². The number of rotatable bonds is 5. The lowest BCUT2D eigenvalue weighted by Gasteiger charge is -2.38. The van der Waals surface area contributed by atoms with E-state index in [1.54, 1.807) is 0 Å². The number of nitrogens with one attached hydrogen (secondary N) is 1. The maximum absolute atomic E-state index is 11.3. The third-order valence-electron chi connectivity index (χ3n) is 4.72. The molecule has 2 aliphatic rings. The van der Waals surface area contributed by atoms with Crippen molar-refractivity contribution in [2.75, 3.05) is 25.9 Å². The molecule has 1 aromatic heterocycles. The highest BCUT2D eigenvalue weighted by atomic mass is 32.2. The summed E-state index contributed by atoms with van der Waals surface area (Å²) in [7, 11) is -3.16. The van der Waals surface area contributed by atoms with E-state index in [-0.39, 0.29) is 11.7 Å². The van der Waals surface area contributed by atoms with Crippen LogP contribution >= 0.6 is 0 Å². The fraction of sp³-hybridized carbons (Fsp3) is 0.750. The molecule has 3 rings (SSSR count). The Balaban J connectivity index is 1.55. The van der Waals surface area contributed by atoms with E-state index in [4.69, 9.17) is 9.15 Å². The predicted octanol–water partition coefficient (Wildman–Crippen LogP) is 1.65. The average molecular weight is 342 g/mol. The van der Waals surface area contributed by atoms with Gasteiger partial charge in [0.2, 0.25) is 10.0 Å². The first kappa shape index (κ1) is 17.0. The number of likely N-dealkylation sites (tertiary alicyclic amines) is 1. The summed E-state index contributed by atoms with van der Waals surface area (Å²) in [6, 6.07) is 4.02. The number of furan rings is 1. The van der Waals surface area contributed by atoms with Gasteiger partial charge in [-0.05, 0) is 44.7 Å². The molecular formula is C16H26N2O4S. The van der Waals surface area contributed by atoms with Crippen molar-refractivity contribution >= 4 is 10.0 Å². The van der Waals surface area contributed by atoms with Gasteiger partial charge in [-0.3, -0.25) is 4.90 Å². The van der Waals surface area contributed by atoms with Gasteiger partial charge in [-0.1, -0.05) is 0 Å². The topological polar surface area (TPSA) is 71.8 Å². The van der Waals surface area contributed by atoms with Crippen LogP contribution in [0.1, 0.15) is 37.2 Å². The summed E-state index contributed by atoms with van der Waals surface area (Å²) >= 11 is 0. The predicted molar refractivity (Wildman–Crippen MR) is 87.6 cm³/mol. The van der Waals surface area contributed by atoms with E-state index in [1.807, 2.05) is 19.1 Å². The fourth-order valence-corrected chi connectivity index (χ4v) is 4.15. The van der Waals surface area contributed by atoms with Crippen molar-refractivity contribution < 1.29 is 17.6 Å². The molecule has 0 aromatic carbocycles. The molecule has 2 fully saturated rings. The molecule has 130 valence electrons. The van der Waals surface area contributed by atoms with Crippen LogP contribution in [0.5, 0.6) is 0 Å². The van der Waals surface area contributed by atoms with Gasteiger partial charge in [0, 0.05) is 19.6 Å². The summed E-state index contributed by atoms with van der Waals surface area (Å²) in [4.78, 5) is 2.37. The van der Waals surface area contributed by atoms with Crippen LogP contribution < -0.4 is 4.72 Å². The average Bonchev–Trinajstić information content (AvgIpc) is 3.04. The molecule has 1 aromatic rings. The quantitative estimate of drug-likeness (QED) is 0.881. The molecule has 0 bridgehead atoms. The molecule has 0 aliphatic carbocycles. The molecule has 0 saturated carbocycles. The van der Waals surface area contributed by atoms with Gasteiger partial charge < -0.3 is 9.15 Å². The molecule has 2 saturated heterocycles. The lowest BCUT2D eigenvalue weighted by atomic mass is 9.90. The molecule has 1 N–H and O–H groups in total. The lowest BCUT2D eigenvalue weighted by Crippen LogP contribution is -2.46. The second kappa shape index (κ2) is 6.55. The molecule has 1 spiro atoms. The third kappa shape index (κ3) is 4.56. The summed E-state index contributed by atoms with van der Waals surface area (Å²) < 4.78 is 37.1. The van der Waals surface area contributed by atoms with Crippen molar-refractivity contribution in [3.8, 4) is 0 Å². The Bertz CT molecular complexity index is 642. The minimum Gasteiger partial charge on any atom is -0.465 e. The van der Waals surface area contributed by atoms with Crippen molar-refractivity contribution in [3.63, 3.8) is 0 Å². The largest absolute Gasteiger partial charge is 0.465 e. The van der Waals surface area contributed by atoms with Crippen LogP contribution in [0.25, 0.3) is 0 Å². The molecule has 6 nitrogen and oxygen atoms in total. The van der Waals surface area contributed by atoms with Gasteiger partial charge in [0.1, 0.15) is 11.5 Å². The Morgan fingerprint density at radius 1 is 1.39 bits per heavy atom. The maximum atomic E-state index is 11.3.